The van der Waals surface area contributed by atoms with E-state index in [0.717, 1.165) is 30.4 Å². The number of guanidine groups is 1. The Hall–Kier alpha value is -2.04. The third kappa shape index (κ3) is 7.17. The molecule has 0 aliphatic rings. The molecule has 0 fully saturated rings. The molecule has 0 aromatic heterocycles. The number of hydrogen-bond donors (Lipinski definition) is 2. The van der Waals surface area contributed by atoms with Gasteiger partial charge in [0.2, 0.25) is 0 Å². The zero-order valence-corrected chi connectivity index (χ0v) is 15.0. The molecule has 2 N–H and O–H groups in total. The third-order valence-corrected chi connectivity index (χ3v) is 3.54. The number of carbonyl (C=O) groups is 1. The Morgan fingerprint density at radius 1 is 1.17 bits per heavy atom. The third-order valence-electron chi connectivity index (χ3n) is 3.54. The highest BCUT2D eigenvalue weighted by atomic mass is 16.2. The van der Waals surface area contributed by atoms with Crippen LogP contribution in [-0.2, 0) is 6.54 Å². The van der Waals surface area contributed by atoms with E-state index in [1.807, 2.05) is 24.3 Å². The molecule has 0 bridgehead atoms. The molecule has 0 unspecified atom stereocenters. The van der Waals surface area contributed by atoms with Crippen molar-refractivity contribution in [2.75, 3.05) is 27.7 Å². The zero-order chi connectivity index (χ0) is 17.2. The fourth-order valence-electron chi connectivity index (χ4n) is 2.15. The Morgan fingerprint density at radius 2 is 1.83 bits per heavy atom. The molecule has 0 saturated heterocycles. The van der Waals surface area contributed by atoms with Gasteiger partial charge in [0.1, 0.15) is 0 Å². The molecule has 0 aliphatic carbocycles. The van der Waals surface area contributed by atoms with E-state index in [4.69, 9.17) is 0 Å². The molecule has 5 nitrogen and oxygen atoms in total. The van der Waals surface area contributed by atoms with Crippen LogP contribution >= 0.6 is 0 Å². The van der Waals surface area contributed by atoms with Crippen molar-refractivity contribution < 1.29 is 4.79 Å². The lowest BCUT2D eigenvalue weighted by Crippen LogP contribution is -2.37. The average Bonchev–Trinajstić information content (AvgIpc) is 2.53. The summed E-state index contributed by atoms with van der Waals surface area (Å²) >= 11 is 0. The molecule has 0 saturated carbocycles. The minimum absolute atomic E-state index is 0.0205. The number of amides is 1. The van der Waals surface area contributed by atoms with Gasteiger partial charge in [-0.2, -0.15) is 0 Å². The van der Waals surface area contributed by atoms with Crippen LogP contribution in [0.1, 0.15) is 42.6 Å². The summed E-state index contributed by atoms with van der Waals surface area (Å²) in [6.45, 7) is 6.07. The molecule has 1 rings (SSSR count). The lowest BCUT2D eigenvalue weighted by molar-refractivity contribution is 0.0827. The Labute approximate surface area is 140 Å². The molecular weight excluding hydrogens is 288 g/mol. The smallest absolute Gasteiger partial charge is 0.253 e. The highest BCUT2D eigenvalue weighted by Crippen LogP contribution is 2.06. The van der Waals surface area contributed by atoms with Gasteiger partial charge in [-0.05, 0) is 36.5 Å². The lowest BCUT2D eigenvalue weighted by Gasteiger charge is -2.13. The second kappa shape index (κ2) is 9.87. The first-order valence-electron chi connectivity index (χ1n) is 8.19. The minimum atomic E-state index is 0.0205. The Kier molecular flexibility index (Phi) is 8.16. The van der Waals surface area contributed by atoms with Gasteiger partial charge < -0.3 is 15.5 Å². The van der Waals surface area contributed by atoms with E-state index in [0.29, 0.717) is 12.1 Å². The molecule has 0 aliphatic heterocycles. The molecule has 1 aromatic rings. The maximum Gasteiger partial charge on any atom is 0.253 e. The van der Waals surface area contributed by atoms with Crippen molar-refractivity contribution in [3.05, 3.63) is 35.4 Å². The molecule has 128 valence electrons. The minimum Gasteiger partial charge on any atom is -0.356 e. The van der Waals surface area contributed by atoms with Crippen molar-refractivity contribution in [3.8, 4) is 0 Å². The first-order chi connectivity index (χ1) is 10.9. The van der Waals surface area contributed by atoms with Crippen LogP contribution in [-0.4, -0.2) is 44.5 Å². The van der Waals surface area contributed by atoms with Gasteiger partial charge >= 0.3 is 0 Å². The standard InChI is InChI=1S/C18H30N4O/c1-14(2)7-6-12-20-18(19-3)21-13-15-8-10-16(11-9-15)17(23)22(4)5/h8-11,14H,6-7,12-13H2,1-5H3,(H2,19,20,21). The van der Waals surface area contributed by atoms with Gasteiger partial charge in [0, 0.05) is 39.8 Å². The molecular formula is C18H30N4O. The zero-order valence-electron chi connectivity index (χ0n) is 15.0. The van der Waals surface area contributed by atoms with E-state index < -0.39 is 0 Å². The van der Waals surface area contributed by atoms with E-state index in [2.05, 4.69) is 29.5 Å². The molecule has 0 spiro atoms. The Balaban J connectivity index is 2.42. The van der Waals surface area contributed by atoms with Crippen LogP contribution in [0.5, 0.6) is 0 Å². The first-order valence-corrected chi connectivity index (χ1v) is 8.19. The van der Waals surface area contributed by atoms with E-state index >= 15 is 0 Å². The quantitative estimate of drug-likeness (QED) is 0.461. The van der Waals surface area contributed by atoms with Crippen molar-refractivity contribution in [3.63, 3.8) is 0 Å². The predicted molar refractivity (Wildman–Crippen MR) is 96.7 cm³/mol. The second-order valence-electron chi connectivity index (χ2n) is 6.29. The highest BCUT2D eigenvalue weighted by molar-refractivity contribution is 5.93. The van der Waals surface area contributed by atoms with Crippen LogP contribution < -0.4 is 10.6 Å². The molecule has 0 radical (unpaired) electrons. The number of aliphatic imine (C=N–C) groups is 1. The SMILES string of the molecule is CN=C(NCCCC(C)C)NCc1ccc(C(=O)N(C)C)cc1. The van der Waals surface area contributed by atoms with Crippen molar-refractivity contribution in [2.24, 2.45) is 10.9 Å². The van der Waals surface area contributed by atoms with Crippen molar-refractivity contribution in [1.29, 1.82) is 0 Å². The second-order valence-corrected chi connectivity index (χ2v) is 6.29. The number of benzene rings is 1. The number of nitrogens with zero attached hydrogens (tertiary/aromatic N) is 2. The maximum atomic E-state index is 11.8. The number of nitrogens with one attached hydrogen (secondary N) is 2. The molecule has 0 heterocycles. The van der Waals surface area contributed by atoms with Gasteiger partial charge in [-0.15, -0.1) is 0 Å². The topological polar surface area (TPSA) is 56.7 Å². The summed E-state index contributed by atoms with van der Waals surface area (Å²) in [5.74, 6) is 1.56. The molecule has 0 atom stereocenters. The maximum absolute atomic E-state index is 11.8. The van der Waals surface area contributed by atoms with Gasteiger partial charge in [0.05, 0.1) is 0 Å². The van der Waals surface area contributed by atoms with Gasteiger partial charge in [-0.3, -0.25) is 9.79 Å². The summed E-state index contributed by atoms with van der Waals surface area (Å²) < 4.78 is 0. The summed E-state index contributed by atoms with van der Waals surface area (Å²) in [5, 5.41) is 6.61. The van der Waals surface area contributed by atoms with Gasteiger partial charge in [0.25, 0.3) is 5.91 Å². The summed E-state index contributed by atoms with van der Waals surface area (Å²) in [4.78, 5) is 17.6. The van der Waals surface area contributed by atoms with Crippen LogP contribution in [0.2, 0.25) is 0 Å². The summed E-state index contributed by atoms with van der Waals surface area (Å²) in [6.07, 6.45) is 2.35. The average molecular weight is 318 g/mol. The van der Waals surface area contributed by atoms with Crippen LogP contribution in [0.15, 0.2) is 29.3 Å². The fraction of sp³-hybridized carbons (Fsp3) is 0.556. The summed E-state index contributed by atoms with van der Waals surface area (Å²) in [7, 11) is 5.29. The number of hydrogen-bond acceptors (Lipinski definition) is 2. The normalized spacial score (nSPS) is 11.5. The van der Waals surface area contributed by atoms with E-state index in [9.17, 15) is 4.79 Å². The van der Waals surface area contributed by atoms with Gasteiger partial charge in [0.15, 0.2) is 5.96 Å². The number of rotatable bonds is 7. The van der Waals surface area contributed by atoms with E-state index in [1.165, 1.54) is 6.42 Å². The first kappa shape index (κ1) is 19.0. The van der Waals surface area contributed by atoms with Gasteiger partial charge in [-0.1, -0.05) is 26.0 Å². The summed E-state index contributed by atoms with van der Waals surface area (Å²) in [6, 6.07) is 7.65. The molecule has 5 heteroatoms. The number of carbonyl (C=O) groups excluding carboxylic acids is 1. The van der Waals surface area contributed by atoms with Gasteiger partial charge in [-0.25, -0.2) is 0 Å². The molecule has 23 heavy (non-hydrogen) atoms. The van der Waals surface area contributed by atoms with Crippen LogP contribution in [0.4, 0.5) is 0 Å². The molecule has 1 amide bonds. The van der Waals surface area contributed by atoms with Crippen LogP contribution in [0, 0.1) is 5.92 Å². The van der Waals surface area contributed by atoms with E-state index in [1.54, 1.807) is 26.0 Å². The van der Waals surface area contributed by atoms with Crippen molar-refractivity contribution >= 4 is 11.9 Å². The predicted octanol–water partition coefficient (Wildman–Crippen LogP) is 2.49. The Morgan fingerprint density at radius 3 is 2.35 bits per heavy atom. The van der Waals surface area contributed by atoms with E-state index in [-0.39, 0.29) is 5.91 Å². The fourth-order valence-corrected chi connectivity index (χ4v) is 2.15. The monoisotopic (exact) mass is 318 g/mol. The molecule has 1 aromatic carbocycles. The van der Waals surface area contributed by atoms with Crippen LogP contribution in [0.25, 0.3) is 0 Å². The van der Waals surface area contributed by atoms with Crippen LogP contribution in [0.3, 0.4) is 0 Å². The summed E-state index contributed by atoms with van der Waals surface area (Å²) in [5.41, 5.74) is 1.82. The lowest BCUT2D eigenvalue weighted by atomic mass is 10.1. The highest BCUT2D eigenvalue weighted by Gasteiger charge is 2.07. The van der Waals surface area contributed by atoms with Crippen molar-refractivity contribution in [2.45, 2.75) is 33.2 Å². The largest absolute Gasteiger partial charge is 0.356 e. The Bertz CT molecular complexity index is 506. The van der Waals surface area contributed by atoms with Crippen molar-refractivity contribution in [1.82, 2.24) is 15.5 Å².